The van der Waals surface area contributed by atoms with E-state index < -0.39 is 17.7 Å². The zero-order valence-electron chi connectivity index (χ0n) is 26.0. The van der Waals surface area contributed by atoms with Gasteiger partial charge in [-0.15, -0.1) is 0 Å². The minimum absolute atomic E-state index is 0.0952. The van der Waals surface area contributed by atoms with Crippen molar-refractivity contribution in [3.05, 3.63) is 35.4 Å². The molecular formula is C32H53N5O4. The zero-order chi connectivity index (χ0) is 29.8. The molecule has 2 atom stereocenters. The fraction of sp³-hybridized carbons (Fsp3) is 0.719. The van der Waals surface area contributed by atoms with Crippen molar-refractivity contribution in [3.8, 4) is 0 Å². The number of hydrogen-bond acceptors (Lipinski definition) is 6. The molecule has 1 saturated carbocycles. The summed E-state index contributed by atoms with van der Waals surface area (Å²) in [6.45, 7) is 12.1. The molecule has 1 heterocycles. The molecule has 3 rings (SSSR count). The van der Waals surface area contributed by atoms with E-state index in [2.05, 4.69) is 34.8 Å². The van der Waals surface area contributed by atoms with E-state index in [9.17, 15) is 14.4 Å². The van der Waals surface area contributed by atoms with Crippen molar-refractivity contribution in [2.24, 2.45) is 5.92 Å². The van der Waals surface area contributed by atoms with E-state index in [0.717, 1.165) is 76.0 Å². The van der Waals surface area contributed by atoms with E-state index in [0.29, 0.717) is 13.0 Å². The predicted octanol–water partition coefficient (Wildman–Crippen LogP) is 3.85. The first-order valence-corrected chi connectivity index (χ1v) is 15.6. The average Bonchev–Trinajstić information content (AvgIpc) is 3.22. The van der Waals surface area contributed by atoms with E-state index in [1.54, 1.807) is 0 Å². The Labute approximate surface area is 247 Å². The lowest BCUT2D eigenvalue weighted by molar-refractivity contribution is -0.135. The molecule has 2 fully saturated rings. The molecule has 1 aliphatic heterocycles. The third-order valence-electron chi connectivity index (χ3n) is 8.01. The number of nitrogens with one attached hydrogen (secondary N) is 3. The molecule has 1 aromatic carbocycles. The Morgan fingerprint density at radius 3 is 2.15 bits per heavy atom. The molecule has 3 amide bonds. The lowest BCUT2D eigenvalue weighted by Gasteiger charge is -2.35. The van der Waals surface area contributed by atoms with Crippen molar-refractivity contribution in [1.29, 1.82) is 0 Å². The Morgan fingerprint density at radius 1 is 0.951 bits per heavy atom. The molecule has 230 valence electrons. The van der Waals surface area contributed by atoms with E-state index in [1.165, 1.54) is 12.8 Å². The summed E-state index contributed by atoms with van der Waals surface area (Å²) in [5, 5.41) is 9.38. The first-order valence-electron chi connectivity index (χ1n) is 15.6. The topological polar surface area (TPSA) is 103 Å². The monoisotopic (exact) mass is 571 g/mol. The van der Waals surface area contributed by atoms with Gasteiger partial charge in [0.15, 0.2) is 0 Å². The Balaban J connectivity index is 1.59. The SMILES string of the molecule is CCCN[C@H](Cc1ccc(CNC(=O)[C@@H](NC(=O)OC(C)(C)C)C2CCCCCC2)cc1)C(=O)N1CCN(C)CC1. The van der Waals surface area contributed by atoms with Crippen LogP contribution >= 0.6 is 0 Å². The zero-order valence-corrected chi connectivity index (χ0v) is 26.0. The molecule has 3 N–H and O–H groups in total. The second-order valence-corrected chi connectivity index (χ2v) is 12.7. The van der Waals surface area contributed by atoms with E-state index in [1.807, 2.05) is 49.9 Å². The van der Waals surface area contributed by atoms with Crippen LogP contribution in [0.3, 0.4) is 0 Å². The average molecular weight is 572 g/mol. The third kappa shape index (κ3) is 11.3. The maximum atomic E-state index is 13.4. The van der Waals surface area contributed by atoms with Crippen molar-refractivity contribution in [1.82, 2.24) is 25.8 Å². The number of nitrogens with zero attached hydrogens (tertiary/aromatic N) is 2. The van der Waals surface area contributed by atoms with Crippen LogP contribution in [0.2, 0.25) is 0 Å². The molecule has 9 heteroatoms. The van der Waals surface area contributed by atoms with Gasteiger partial charge in [0.25, 0.3) is 0 Å². The number of alkyl carbamates (subject to hydrolysis) is 1. The third-order valence-corrected chi connectivity index (χ3v) is 8.01. The molecule has 0 aromatic heterocycles. The van der Waals surface area contributed by atoms with Crippen LogP contribution in [-0.2, 0) is 27.3 Å². The van der Waals surface area contributed by atoms with Gasteiger partial charge in [-0.1, -0.05) is 56.9 Å². The Hall–Kier alpha value is -2.65. The number of benzene rings is 1. The number of piperazine rings is 1. The van der Waals surface area contributed by atoms with Crippen LogP contribution in [0.25, 0.3) is 0 Å². The number of hydrogen-bond donors (Lipinski definition) is 3. The van der Waals surface area contributed by atoms with Crippen molar-refractivity contribution in [2.45, 2.75) is 103 Å². The second-order valence-electron chi connectivity index (χ2n) is 12.7. The lowest BCUT2D eigenvalue weighted by Crippen LogP contribution is -2.54. The number of carbonyl (C=O) groups excluding carboxylic acids is 3. The smallest absolute Gasteiger partial charge is 0.408 e. The van der Waals surface area contributed by atoms with Gasteiger partial charge in [-0.3, -0.25) is 9.59 Å². The fourth-order valence-corrected chi connectivity index (χ4v) is 5.62. The van der Waals surface area contributed by atoms with E-state index >= 15 is 0 Å². The summed E-state index contributed by atoms with van der Waals surface area (Å²) in [6.07, 6.45) is 7.35. The molecular weight excluding hydrogens is 518 g/mol. The molecule has 0 radical (unpaired) electrons. The van der Waals surface area contributed by atoms with Gasteiger partial charge < -0.3 is 30.5 Å². The van der Waals surface area contributed by atoms with Gasteiger partial charge in [-0.2, -0.15) is 0 Å². The molecule has 41 heavy (non-hydrogen) atoms. The summed E-state index contributed by atoms with van der Waals surface area (Å²) in [5.74, 6) is 0.0937. The van der Waals surface area contributed by atoms with Crippen molar-refractivity contribution < 1.29 is 19.1 Å². The van der Waals surface area contributed by atoms with Crippen LogP contribution in [0.4, 0.5) is 4.79 Å². The normalized spacial score (nSPS) is 18.7. The van der Waals surface area contributed by atoms with Gasteiger partial charge in [0.2, 0.25) is 11.8 Å². The first-order chi connectivity index (χ1) is 19.6. The van der Waals surface area contributed by atoms with Crippen molar-refractivity contribution in [3.63, 3.8) is 0 Å². The molecule has 1 aliphatic carbocycles. The summed E-state index contributed by atoms with van der Waals surface area (Å²) in [5.41, 5.74) is 1.43. The summed E-state index contributed by atoms with van der Waals surface area (Å²) in [7, 11) is 2.09. The molecule has 0 unspecified atom stereocenters. The maximum absolute atomic E-state index is 13.4. The Bertz CT molecular complexity index is 961. The molecule has 9 nitrogen and oxygen atoms in total. The van der Waals surface area contributed by atoms with Crippen LogP contribution in [-0.4, -0.2) is 85.2 Å². The Morgan fingerprint density at radius 2 is 1.56 bits per heavy atom. The summed E-state index contributed by atoms with van der Waals surface area (Å²) in [6, 6.07) is 7.24. The number of amides is 3. The maximum Gasteiger partial charge on any atom is 0.408 e. The van der Waals surface area contributed by atoms with Crippen molar-refractivity contribution >= 4 is 17.9 Å². The highest BCUT2D eigenvalue weighted by Crippen LogP contribution is 2.26. The van der Waals surface area contributed by atoms with Crippen molar-refractivity contribution in [2.75, 3.05) is 39.8 Å². The van der Waals surface area contributed by atoms with Gasteiger partial charge >= 0.3 is 6.09 Å². The number of rotatable bonds is 11. The molecule has 1 saturated heterocycles. The van der Waals surface area contributed by atoms with E-state index in [-0.39, 0.29) is 23.8 Å². The van der Waals surface area contributed by atoms with Crippen LogP contribution in [0, 0.1) is 5.92 Å². The minimum Gasteiger partial charge on any atom is -0.444 e. The van der Waals surface area contributed by atoms with Gasteiger partial charge in [0.1, 0.15) is 11.6 Å². The van der Waals surface area contributed by atoms with Gasteiger partial charge in [-0.05, 0) is 77.1 Å². The van der Waals surface area contributed by atoms with Gasteiger partial charge in [-0.25, -0.2) is 4.79 Å². The highest BCUT2D eigenvalue weighted by atomic mass is 16.6. The Kier molecular flexibility index (Phi) is 12.9. The fourth-order valence-electron chi connectivity index (χ4n) is 5.62. The van der Waals surface area contributed by atoms with Crippen LogP contribution in [0.5, 0.6) is 0 Å². The molecule has 1 aromatic rings. The number of likely N-dealkylation sites (N-methyl/N-ethyl adjacent to an activating group) is 1. The molecule has 0 spiro atoms. The predicted molar refractivity (Wildman–Crippen MR) is 163 cm³/mol. The van der Waals surface area contributed by atoms with Gasteiger partial charge in [0, 0.05) is 32.7 Å². The molecule has 2 aliphatic rings. The van der Waals surface area contributed by atoms with Crippen LogP contribution < -0.4 is 16.0 Å². The van der Waals surface area contributed by atoms with E-state index in [4.69, 9.17) is 4.74 Å². The largest absolute Gasteiger partial charge is 0.444 e. The lowest BCUT2D eigenvalue weighted by atomic mass is 9.91. The first kappa shape index (κ1) is 32.9. The van der Waals surface area contributed by atoms with Gasteiger partial charge in [0.05, 0.1) is 6.04 Å². The quantitative estimate of drug-likeness (QED) is 0.349. The highest BCUT2D eigenvalue weighted by Gasteiger charge is 2.32. The molecule has 0 bridgehead atoms. The second kappa shape index (κ2) is 16.1. The summed E-state index contributed by atoms with van der Waals surface area (Å²) >= 11 is 0. The highest BCUT2D eigenvalue weighted by molar-refractivity contribution is 5.86. The van der Waals surface area contributed by atoms with Crippen LogP contribution in [0.1, 0.15) is 83.8 Å². The summed E-state index contributed by atoms with van der Waals surface area (Å²) < 4.78 is 5.47. The number of carbonyl (C=O) groups is 3. The number of ether oxygens (including phenoxy) is 1. The standard InChI is InChI=1S/C32H53N5O4/c1-6-17-33-27(30(39)37-20-18-36(5)19-21-37)22-24-13-15-25(16-14-24)23-34-29(38)28(26-11-9-7-8-10-12-26)35-31(40)41-32(2,3)4/h13-16,26-28,33H,6-12,17-23H2,1-5H3,(H,34,38)(H,35,40)/t27-,28+/m1/s1. The minimum atomic E-state index is -0.628. The summed E-state index contributed by atoms with van der Waals surface area (Å²) in [4.78, 5) is 43.5. The van der Waals surface area contributed by atoms with Crippen LogP contribution in [0.15, 0.2) is 24.3 Å².